The molecule has 35 heavy (non-hydrogen) atoms. The van der Waals surface area contributed by atoms with Crippen LogP contribution in [-0.4, -0.2) is 31.7 Å². The average molecular weight is 469 g/mol. The second-order valence-electron chi connectivity index (χ2n) is 8.52. The summed E-state index contributed by atoms with van der Waals surface area (Å²) in [5.41, 5.74) is 3.45. The van der Waals surface area contributed by atoms with Gasteiger partial charge in [-0.25, -0.2) is 9.37 Å². The number of fused-ring (bicyclic) bond motifs is 1. The summed E-state index contributed by atoms with van der Waals surface area (Å²) >= 11 is 0. The molecule has 7 heteroatoms. The molecule has 176 valence electrons. The third-order valence-electron chi connectivity index (χ3n) is 6.22. The lowest BCUT2D eigenvalue weighted by molar-refractivity contribution is -0.129. The Bertz CT molecular complexity index is 1450. The van der Waals surface area contributed by atoms with Gasteiger partial charge in [-0.3, -0.25) is 14.2 Å². The van der Waals surface area contributed by atoms with Crippen LogP contribution in [0.4, 0.5) is 4.39 Å². The minimum Gasteiger partial charge on any atom is -0.457 e. The zero-order chi connectivity index (χ0) is 24.4. The molecule has 1 aliphatic rings. The van der Waals surface area contributed by atoms with E-state index in [-0.39, 0.29) is 17.8 Å². The zero-order valence-electron chi connectivity index (χ0n) is 19.7. The van der Waals surface area contributed by atoms with Gasteiger partial charge in [-0.05, 0) is 75.4 Å². The molecule has 2 aromatic heterocycles. The van der Waals surface area contributed by atoms with Gasteiger partial charge < -0.3 is 9.64 Å². The number of hydrogen-bond donors (Lipinski definition) is 0. The van der Waals surface area contributed by atoms with Crippen LogP contribution < -0.4 is 4.74 Å². The Morgan fingerprint density at radius 2 is 1.97 bits per heavy atom. The number of amides is 1. The van der Waals surface area contributed by atoms with Crippen molar-refractivity contribution in [3.8, 4) is 34.6 Å². The van der Waals surface area contributed by atoms with E-state index >= 15 is 0 Å². The van der Waals surface area contributed by atoms with Crippen molar-refractivity contribution in [1.29, 1.82) is 0 Å². The highest BCUT2D eigenvalue weighted by molar-refractivity contribution is 5.93. The van der Waals surface area contributed by atoms with Crippen molar-refractivity contribution in [2.24, 2.45) is 0 Å². The fraction of sp³-hybridized carbons (Fsp3) is 0.250. The van der Waals surface area contributed by atoms with Crippen LogP contribution in [0.5, 0.6) is 11.5 Å². The first-order valence-electron chi connectivity index (χ1n) is 11.7. The van der Waals surface area contributed by atoms with Crippen LogP contribution in [0.3, 0.4) is 0 Å². The number of halogens is 1. The molecule has 0 bridgehead atoms. The van der Waals surface area contributed by atoms with E-state index in [0.717, 1.165) is 47.6 Å². The molecule has 1 saturated heterocycles. The summed E-state index contributed by atoms with van der Waals surface area (Å²) in [5.74, 6) is 6.75. The highest BCUT2D eigenvalue weighted by Gasteiger charge is 2.31. The molecule has 1 aliphatic heterocycles. The molecule has 4 aromatic rings. The van der Waals surface area contributed by atoms with E-state index in [0.29, 0.717) is 18.0 Å². The van der Waals surface area contributed by atoms with Gasteiger partial charge in [0.05, 0.1) is 22.9 Å². The number of ether oxygens (including phenoxy) is 1. The summed E-state index contributed by atoms with van der Waals surface area (Å²) in [4.78, 5) is 24.1. The van der Waals surface area contributed by atoms with Crippen molar-refractivity contribution in [3.63, 3.8) is 0 Å². The van der Waals surface area contributed by atoms with Gasteiger partial charge in [-0.1, -0.05) is 12.0 Å². The molecule has 2 aromatic carbocycles. The molecule has 1 unspecified atom stereocenters. The maximum Gasteiger partial charge on any atom is 0.299 e. The van der Waals surface area contributed by atoms with Gasteiger partial charge >= 0.3 is 0 Å². The number of carbonyl (C=O) groups excluding carboxylic acids is 1. The molecule has 1 atom stereocenters. The largest absolute Gasteiger partial charge is 0.457 e. The average Bonchev–Trinajstić information content (AvgIpc) is 3.26. The number of nitrogens with zero attached hydrogens (tertiary/aromatic N) is 4. The van der Waals surface area contributed by atoms with E-state index in [1.165, 1.54) is 12.1 Å². The van der Waals surface area contributed by atoms with Crippen molar-refractivity contribution < 1.29 is 13.9 Å². The van der Waals surface area contributed by atoms with E-state index in [2.05, 4.69) is 16.8 Å². The van der Waals surface area contributed by atoms with Crippen LogP contribution in [0.25, 0.3) is 16.8 Å². The number of hydrogen-bond acceptors (Lipinski definition) is 4. The fourth-order valence-electron chi connectivity index (χ4n) is 4.63. The lowest BCUT2D eigenvalue weighted by Gasteiger charge is -2.33. The lowest BCUT2D eigenvalue weighted by atomic mass is 10.0. The van der Waals surface area contributed by atoms with Crippen LogP contribution in [-0.2, 0) is 4.79 Å². The van der Waals surface area contributed by atoms with Gasteiger partial charge in [-0.2, -0.15) is 0 Å². The van der Waals surface area contributed by atoms with E-state index in [4.69, 9.17) is 9.72 Å². The predicted octanol–water partition coefficient (Wildman–Crippen LogP) is 5.71. The highest BCUT2D eigenvalue weighted by Crippen LogP contribution is 2.36. The third-order valence-corrected chi connectivity index (χ3v) is 6.22. The van der Waals surface area contributed by atoms with Crippen molar-refractivity contribution in [2.75, 3.05) is 6.54 Å². The smallest absolute Gasteiger partial charge is 0.299 e. The SMILES string of the molecule is CC#CC(=O)N1CCCCC1c1nc(-c2ccc(Oc3cccc(F)c3)cc2)c2c(C)nccn12. The molecule has 6 nitrogen and oxygen atoms in total. The van der Waals surface area contributed by atoms with Gasteiger partial charge in [0.15, 0.2) is 0 Å². The quantitative estimate of drug-likeness (QED) is 0.360. The summed E-state index contributed by atoms with van der Waals surface area (Å²) in [7, 11) is 0. The van der Waals surface area contributed by atoms with Crippen molar-refractivity contribution in [3.05, 3.63) is 78.3 Å². The molecule has 0 aliphatic carbocycles. The lowest BCUT2D eigenvalue weighted by Crippen LogP contribution is -2.38. The number of benzene rings is 2. The predicted molar refractivity (Wildman–Crippen MR) is 131 cm³/mol. The van der Waals surface area contributed by atoms with E-state index < -0.39 is 0 Å². The Balaban J connectivity index is 1.54. The molecular weight excluding hydrogens is 443 g/mol. The Kier molecular flexibility index (Phi) is 6.19. The maximum atomic E-state index is 13.5. The van der Waals surface area contributed by atoms with Crippen LogP contribution in [0.15, 0.2) is 60.9 Å². The Hall–Kier alpha value is -4.18. The minimum absolute atomic E-state index is 0.157. The van der Waals surface area contributed by atoms with E-state index in [1.807, 2.05) is 46.7 Å². The molecule has 1 fully saturated rings. The molecule has 3 heterocycles. The Labute approximate surface area is 203 Å². The number of aromatic nitrogens is 3. The van der Waals surface area contributed by atoms with Crippen LogP contribution >= 0.6 is 0 Å². The van der Waals surface area contributed by atoms with Crippen LogP contribution in [0.2, 0.25) is 0 Å². The summed E-state index contributed by atoms with van der Waals surface area (Å²) < 4.78 is 21.3. The Morgan fingerprint density at radius 1 is 1.14 bits per heavy atom. The molecular formula is C28H25FN4O2. The fourth-order valence-corrected chi connectivity index (χ4v) is 4.63. The Morgan fingerprint density at radius 3 is 2.74 bits per heavy atom. The number of rotatable bonds is 4. The summed E-state index contributed by atoms with van der Waals surface area (Å²) in [6, 6.07) is 13.4. The standard InChI is InChI=1S/C28H25FN4O2/c1-3-7-25(34)32-16-5-4-10-24(32)28-31-26(27-19(2)30-15-17-33(27)28)20-11-13-22(14-12-20)35-23-9-6-8-21(29)18-23/h6,8-9,11-15,17-18,24H,4-5,10,16H2,1-2H3. The third kappa shape index (κ3) is 4.47. The number of carbonyl (C=O) groups is 1. The summed E-state index contributed by atoms with van der Waals surface area (Å²) in [6.45, 7) is 4.30. The number of aryl methyl sites for hydroxylation is 1. The summed E-state index contributed by atoms with van der Waals surface area (Å²) in [6.07, 6.45) is 6.47. The molecule has 0 saturated carbocycles. The molecule has 1 amide bonds. The normalized spacial score (nSPS) is 15.5. The van der Waals surface area contributed by atoms with Crippen molar-refractivity contribution >= 4 is 11.4 Å². The second-order valence-corrected chi connectivity index (χ2v) is 8.52. The van der Waals surface area contributed by atoms with Gasteiger partial charge in [0.1, 0.15) is 23.1 Å². The van der Waals surface area contributed by atoms with Gasteiger partial charge in [0.25, 0.3) is 5.91 Å². The van der Waals surface area contributed by atoms with Crippen LogP contribution in [0.1, 0.15) is 43.7 Å². The van der Waals surface area contributed by atoms with Gasteiger partial charge in [-0.15, -0.1) is 0 Å². The number of likely N-dealkylation sites (tertiary alicyclic amines) is 1. The number of imidazole rings is 1. The minimum atomic E-state index is -0.348. The van der Waals surface area contributed by atoms with Crippen molar-refractivity contribution in [2.45, 2.75) is 39.2 Å². The van der Waals surface area contributed by atoms with E-state index in [9.17, 15) is 9.18 Å². The molecule has 0 spiro atoms. The first-order valence-corrected chi connectivity index (χ1v) is 11.7. The van der Waals surface area contributed by atoms with Crippen molar-refractivity contribution in [1.82, 2.24) is 19.3 Å². The first-order chi connectivity index (χ1) is 17.0. The second kappa shape index (κ2) is 9.59. The molecule has 5 rings (SSSR count). The topological polar surface area (TPSA) is 59.7 Å². The maximum absolute atomic E-state index is 13.5. The summed E-state index contributed by atoms with van der Waals surface area (Å²) in [5, 5.41) is 0. The van der Waals surface area contributed by atoms with E-state index in [1.54, 1.807) is 25.3 Å². The monoisotopic (exact) mass is 468 g/mol. The van der Waals surface area contributed by atoms with Gasteiger partial charge in [0.2, 0.25) is 0 Å². The van der Waals surface area contributed by atoms with Gasteiger partial charge in [0, 0.05) is 30.6 Å². The van der Waals surface area contributed by atoms with Crippen LogP contribution in [0, 0.1) is 24.6 Å². The zero-order valence-corrected chi connectivity index (χ0v) is 19.7. The molecule has 0 N–H and O–H groups in total. The molecule has 0 radical (unpaired) electrons. The number of piperidine rings is 1. The highest BCUT2D eigenvalue weighted by atomic mass is 19.1. The first kappa shape index (κ1) is 22.6.